The van der Waals surface area contributed by atoms with Gasteiger partial charge in [0.2, 0.25) is 5.91 Å². The molecule has 1 heterocycles. The van der Waals surface area contributed by atoms with E-state index in [-0.39, 0.29) is 24.8 Å². The van der Waals surface area contributed by atoms with Crippen LogP contribution in [0, 0.1) is 0 Å². The fraction of sp³-hybridized carbons (Fsp3) is 0.192. The van der Waals surface area contributed by atoms with E-state index in [0.717, 1.165) is 10.5 Å². The number of anilines is 1. The van der Waals surface area contributed by atoms with E-state index in [0.29, 0.717) is 33.5 Å². The molecular weight excluding hydrogens is 475 g/mol. The molecule has 0 radical (unpaired) electrons. The highest BCUT2D eigenvalue weighted by Crippen LogP contribution is 2.28. The Morgan fingerprint density at radius 1 is 1.00 bits per heavy atom. The summed E-state index contributed by atoms with van der Waals surface area (Å²) in [4.78, 5) is 42.4. The molecule has 3 aromatic carbocycles. The average Bonchev–Trinajstić information content (AvgIpc) is 3.13. The van der Waals surface area contributed by atoms with Crippen LogP contribution in [0.15, 0.2) is 72.8 Å². The zero-order valence-electron chi connectivity index (χ0n) is 18.4. The molecule has 174 valence electrons. The summed E-state index contributed by atoms with van der Waals surface area (Å²) in [6, 6.07) is 19.6. The van der Waals surface area contributed by atoms with Gasteiger partial charge in [0.05, 0.1) is 19.2 Å². The minimum atomic E-state index is -0.930. The minimum Gasteiger partial charge on any atom is -0.497 e. The molecule has 4 rings (SSSR count). The van der Waals surface area contributed by atoms with Crippen LogP contribution in [0.5, 0.6) is 5.75 Å². The molecule has 3 amide bonds. The van der Waals surface area contributed by atoms with Gasteiger partial charge in [0, 0.05) is 22.2 Å². The second-order valence-corrected chi connectivity index (χ2v) is 8.75. The summed E-state index contributed by atoms with van der Waals surface area (Å²) in [7, 11) is 1.52. The lowest BCUT2D eigenvalue weighted by atomic mass is 10.1. The van der Waals surface area contributed by atoms with Gasteiger partial charge >= 0.3 is 0 Å². The number of carbonyl (C=O) groups is 3. The smallest absolute Gasteiger partial charge is 0.257 e. The third kappa shape index (κ3) is 5.08. The van der Waals surface area contributed by atoms with Crippen molar-refractivity contribution in [3.8, 4) is 5.75 Å². The van der Waals surface area contributed by atoms with Crippen LogP contribution in [0.4, 0.5) is 5.69 Å². The van der Waals surface area contributed by atoms with Gasteiger partial charge in [-0.3, -0.25) is 14.4 Å². The summed E-state index contributed by atoms with van der Waals surface area (Å²) in [6.45, 7) is 0.231. The van der Waals surface area contributed by atoms with Gasteiger partial charge < -0.3 is 9.64 Å². The maximum atomic E-state index is 13.6. The number of hydrogen-bond donors (Lipinski definition) is 0. The van der Waals surface area contributed by atoms with Crippen LogP contribution >= 0.6 is 23.2 Å². The molecule has 0 aliphatic carbocycles. The first-order chi connectivity index (χ1) is 16.4. The van der Waals surface area contributed by atoms with E-state index in [2.05, 4.69) is 0 Å². The highest BCUT2D eigenvalue weighted by molar-refractivity contribution is 6.31. The number of carbonyl (C=O) groups excluding carboxylic acids is 3. The van der Waals surface area contributed by atoms with Crippen LogP contribution in [-0.4, -0.2) is 42.3 Å². The molecule has 1 aliphatic heterocycles. The first-order valence-corrected chi connectivity index (χ1v) is 11.4. The topological polar surface area (TPSA) is 66.9 Å². The van der Waals surface area contributed by atoms with Gasteiger partial charge in [0.25, 0.3) is 11.8 Å². The van der Waals surface area contributed by atoms with Crippen molar-refractivity contribution < 1.29 is 19.1 Å². The maximum Gasteiger partial charge on any atom is 0.257 e. The van der Waals surface area contributed by atoms with Gasteiger partial charge in [-0.2, -0.15) is 0 Å². The van der Waals surface area contributed by atoms with Crippen LogP contribution in [0.25, 0.3) is 0 Å². The number of ether oxygens (including phenoxy) is 1. The summed E-state index contributed by atoms with van der Waals surface area (Å²) >= 11 is 12.1. The second-order valence-electron chi connectivity index (χ2n) is 7.87. The van der Waals surface area contributed by atoms with Crippen molar-refractivity contribution in [2.75, 3.05) is 18.6 Å². The lowest BCUT2D eigenvalue weighted by Gasteiger charge is -2.28. The molecule has 6 nitrogen and oxygen atoms in total. The van der Waals surface area contributed by atoms with Crippen molar-refractivity contribution in [1.82, 2.24) is 4.90 Å². The summed E-state index contributed by atoms with van der Waals surface area (Å²) in [5.41, 5.74) is 1.71. The summed E-state index contributed by atoms with van der Waals surface area (Å²) < 4.78 is 5.25. The largest absolute Gasteiger partial charge is 0.497 e. The number of imide groups is 1. The molecule has 0 aromatic heterocycles. The third-order valence-electron chi connectivity index (χ3n) is 5.69. The molecule has 1 saturated heterocycles. The number of amides is 3. The minimum absolute atomic E-state index is 0.104. The maximum absolute atomic E-state index is 13.6. The molecular formula is C26H22Cl2N2O4. The fourth-order valence-electron chi connectivity index (χ4n) is 3.98. The predicted molar refractivity (Wildman–Crippen MR) is 132 cm³/mol. The average molecular weight is 497 g/mol. The molecule has 8 heteroatoms. The first-order valence-electron chi connectivity index (χ1n) is 10.7. The van der Waals surface area contributed by atoms with Crippen LogP contribution in [0.3, 0.4) is 0 Å². The highest BCUT2D eigenvalue weighted by Gasteiger charge is 2.44. The zero-order chi connectivity index (χ0) is 24.2. The number of rotatable bonds is 7. The molecule has 34 heavy (non-hydrogen) atoms. The Labute approximate surface area is 207 Å². The van der Waals surface area contributed by atoms with Crippen molar-refractivity contribution in [2.45, 2.75) is 18.9 Å². The summed E-state index contributed by atoms with van der Waals surface area (Å²) in [6.07, 6.45) is 0.363. The Balaban J connectivity index is 1.65. The predicted octanol–water partition coefficient (Wildman–Crippen LogP) is 5.02. The summed E-state index contributed by atoms with van der Waals surface area (Å²) in [5, 5.41) is 1.08. The molecule has 0 bridgehead atoms. The van der Waals surface area contributed by atoms with Gasteiger partial charge in [0.15, 0.2) is 0 Å². The molecule has 0 spiro atoms. The lowest BCUT2D eigenvalue weighted by Crippen LogP contribution is -2.46. The number of hydrogen-bond acceptors (Lipinski definition) is 4. The van der Waals surface area contributed by atoms with Crippen LogP contribution in [0.2, 0.25) is 10.0 Å². The Bertz CT molecular complexity index is 1230. The van der Waals surface area contributed by atoms with Gasteiger partial charge in [0.1, 0.15) is 11.8 Å². The molecule has 0 saturated carbocycles. The standard InChI is InChI=1S/C26H22Cl2N2O4/c1-34-22-7-3-5-18(15-22)25(32)29(13-12-17-4-2-6-20(28)14-17)23-16-24(31)30(26(23)33)21-10-8-19(27)9-11-21/h2-11,14-15,23H,12-13,16H2,1H3. The molecule has 0 N–H and O–H groups in total. The van der Waals surface area contributed by atoms with Gasteiger partial charge in [-0.15, -0.1) is 0 Å². The fourth-order valence-corrected chi connectivity index (χ4v) is 4.32. The van der Waals surface area contributed by atoms with Crippen molar-refractivity contribution >= 4 is 46.6 Å². The van der Waals surface area contributed by atoms with E-state index < -0.39 is 11.9 Å². The monoisotopic (exact) mass is 496 g/mol. The van der Waals surface area contributed by atoms with Gasteiger partial charge in [-0.1, -0.05) is 41.4 Å². The number of halogens is 2. The summed E-state index contributed by atoms with van der Waals surface area (Å²) in [5.74, 6) is -0.652. The van der Waals surface area contributed by atoms with Gasteiger partial charge in [-0.25, -0.2) is 4.90 Å². The van der Waals surface area contributed by atoms with Crippen LogP contribution in [0.1, 0.15) is 22.3 Å². The first kappa shape index (κ1) is 23.8. The van der Waals surface area contributed by atoms with Crippen molar-refractivity contribution in [1.29, 1.82) is 0 Å². The Hall–Kier alpha value is -3.35. The highest BCUT2D eigenvalue weighted by atomic mass is 35.5. The third-order valence-corrected chi connectivity index (χ3v) is 6.18. The van der Waals surface area contributed by atoms with E-state index in [9.17, 15) is 14.4 Å². The quantitative estimate of drug-likeness (QED) is 0.430. The van der Waals surface area contributed by atoms with Crippen molar-refractivity contribution in [2.24, 2.45) is 0 Å². The molecule has 3 aromatic rings. The van der Waals surface area contributed by atoms with Gasteiger partial charge in [-0.05, 0) is 66.6 Å². The molecule has 1 unspecified atom stereocenters. The Kier molecular flexibility index (Phi) is 7.20. The number of methoxy groups -OCH3 is 1. The molecule has 1 atom stereocenters. The molecule has 1 aliphatic rings. The van der Waals surface area contributed by atoms with E-state index in [1.54, 1.807) is 54.6 Å². The molecule has 1 fully saturated rings. The van der Waals surface area contributed by atoms with E-state index in [1.807, 2.05) is 18.2 Å². The Morgan fingerprint density at radius 3 is 2.44 bits per heavy atom. The van der Waals surface area contributed by atoms with Crippen LogP contribution < -0.4 is 9.64 Å². The van der Waals surface area contributed by atoms with E-state index in [4.69, 9.17) is 27.9 Å². The van der Waals surface area contributed by atoms with Crippen molar-refractivity contribution in [3.05, 3.63) is 94.0 Å². The Morgan fingerprint density at radius 2 is 1.74 bits per heavy atom. The van der Waals surface area contributed by atoms with Crippen LogP contribution in [-0.2, 0) is 16.0 Å². The lowest BCUT2D eigenvalue weighted by molar-refractivity contribution is -0.122. The zero-order valence-corrected chi connectivity index (χ0v) is 19.9. The SMILES string of the molecule is COc1cccc(C(=O)N(CCc2cccc(Cl)c2)C2CC(=O)N(c3ccc(Cl)cc3)C2=O)c1. The normalized spacial score (nSPS) is 15.5. The number of benzene rings is 3. The van der Waals surface area contributed by atoms with E-state index in [1.165, 1.54) is 12.0 Å². The van der Waals surface area contributed by atoms with Crippen molar-refractivity contribution in [3.63, 3.8) is 0 Å². The second kappa shape index (κ2) is 10.3. The number of nitrogens with zero attached hydrogens (tertiary/aromatic N) is 2. The van der Waals surface area contributed by atoms with E-state index >= 15 is 0 Å².